The van der Waals surface area contributed by atoms with Gasteiger partial charge in [0, 0.05) is 12.0 Å². The summed E-state index contributed by atoms with van der Waals surface area (Å²) in [5.41, 5.74) is 0. The molecule has 5 nitrogen and oxygen atoms in total. The van der Waals surface area contributed by atoms with Crippen LogP contribution in [0, 0.1) is 36.0 Å². The molecule has 1 saturated heterocycles. The number of amides is 1. The Morgan fingerprint density at radius 2 is 1.91 bits per heavy atom. The Labute approximate surface area is 138 Å². The van der Waals surface area contributed by atoms with E-state index in [1.807, 2.05) is 0 Å². The fraction of sp³-hybridized carbons (Fsp3) is 0.778. The zero-order valence-corrected chi connectivity index (χ0v) is 13.8. The summed E-state index contributed by atoms with van der Waals surface area (Å²) in [6.45, 7) is 2.41. The molecule has 0 aromatic carbocycles. The summed E-state index contributed by atoms with van der Waals surface area (Å²) < 4.78 is 4.97. The number of carbonyl (C=O) groups is 2. The lowest BCUT2D eigenvalue weighted by atomic mass is 9.83. The molecule has 0 aromatic heterocycles. The van der Waals surface area contributed by atoms with Crippen molar-refractivity contribution in [2.45, 2.75) is 38.1 Å². The van der Waals surface area contributed by atoms with Gasteiger partial charge >= 0.3 is 5.97 Å². The molecular formula is C18H26N2O3. The zero-order chi connectivity index (χ0) is 16.4. The third-order valence-corrected chi connectivity index (χ3v) is 5.97. The van der Waals surface area contributed by atoms with E-state index in [4.69, 9.17) is 11.2 Å². The molecule has 3 fully saturated rings. The molecule has 3 aliphatic rings. The van der Waals surface area contributed by atoms with Crippen molar-refractivity contribution in [3.63, 3.8) is 0 Å². The van der Waals surface area contributed by atoms with Crippen molar-refractivity contribution >= 4 is 11.9 Å². The lowest BCUT2D eigenvalue weighted by Gasteiger charge is -2.34. The van der Waals surface area contributed by atoms with Crippen LogP contribution in [-0.4, -0.2) is 49.6 Å². The quantitative estimate of drug-likeness (QED) is 0.621. The number of rotatable bonds is 4. The maximum absolute atomic E-state index is 12.6. The number of hydrogen-bond donors (Lipinski definition) is 1. The summed E-state index contributed by atoms with van der Waals surface area (Å²) in [4.78, 5) is 26.9. The number of carbonyl (C=O) groups excluding carboxylic acids is 2. The Bertz CT molecular complexity index is 505. The Morgan fingerprint density at radius 1 is 1.22 bits per heavy atom. The van der Waals surface area contributed by atoms with E-state index in [2.05, 4.69) is 16.1 Å². The van der Waals surface area contributed by atoms with E-state index in [9.17, 15) is 9.59 Å². The van der Waals surface area contributed by atoms with E-state index < -0.39 is 0 Å². The highest BCUT2D eigenvalue weighted by molar-refractivity contribution is 5.81. The summed E-state index contributed by atoms with van der Waals surface area (Å²) in [6.07, 6.45) is 10.3. The predicted octanol–water partition coefficient (Wildman–Crippen LogP) is 1.04. The van der Waals surface area contributed by atoms with E-state index in [0.29, 0.717) is 18.4 Å². The number of nitrogens with one attached hydrogen (secondary N) is 1. The van der Waals surface area contributed by atoms with Gasteiger partial charge in [0.15, 0.2) is 0 Å². The number of hydrogen-bond acceptors (Lipinski definition) is 4. The molecule has 0 aromatic rings. The van der Waals surface area contributed by atoms with E-state index in [0.717, 1.165) is 45.2 Å². The van der Waals surface area contributed by atoms with Gasteiger partial charge < -0.3 is 10.1 Å². The van der Waals surface area contributed by atoms with Crippen molar-refractivity contribution < 1.29 is 14.3 Å². The third-order valence-electron chi connectivity index (χ3n) is 5.97. The second kappa shape index (κ2) is 6.92. The molecule has 1 heterocycles. The summed E-state index contributed by atoms with van der Waals surface area (Å²) >= 11 is 0. The number of ether oxygens (including phenoxy) is 1. The van der Waals surface area contributed by atoms with Gasteiger partial charge in [-0.2, -0.15) is 0 Å². The van der Waals surface area contributed by atoms with Crippen LogP contribution in [0.5, 0.6) is 0 Å². The largest absolute Gasteiger partial charge is 0.469 e. The van der Waals surface area contributed by atoms with Crippen LogP contribution in [-0.2, 0) is 14.3 Å². The molecule has 23 heavy (non-hydrogen) atoms. The van der Waals surface area contributed by atoms with E-state index in [1.54, 1.807) is 0 Å². The summed E-state index contributed by atoms with van der Waals surface area (Å²) in [5.74, 6) is 3.32. The van der Waals surface area contributed by atoms with E-state index >= 15 is 0 Å². The zero-order valence-electron chi connectivity index (χ0n) is 13.8. The minimum absolute atomic E-state index is 0.0301. The highest BCUT2D eigenvalue weighted by Crippen LogP contribution is 2.49. The molecule has 2 bridgehead atoms. The molecule has 5 heteroatoms. The number of piperidine rings is 1. The van der Waals surface area contributed by atoms with Crippen molar-refractivity contribution in [3.05, 3.63) is 0 Å². The van der Waals surface area contributed by atoms with Crippen molar-refractivity contribution in [2.75, 3.05) is 26.7 Å². The topological polar surface area (TPSA) is 58.6 Å². The second-order valence-electron chi connectivity index (χ2n) is 7.17. The molecule has 3 rings (SSSR count). The lowest BCUT2D eigenvalue weighted by Crippen LogP contribution is -2.50. The van der Waals surface area contributed by atoms with Crippen LogP contribution in [0.15, 0.2) is 0 Å². The lowest BCUT2D eigenvalue weighted by molar-refractivity contribution is -0.148. The Balaban J connectivity index is 1.57. The maximum atomic E-state index is 12.6. The van der Waals surface area contributed by atoms with Crippen LogP contribution in [0.1, 0.15) is 32.1 Å². The van der Waals surface area contributed by atoms with Gasteiger partial charge in [0.05, 0.1) is 19.6 Å². The Hall–Kier alpha value is -1.54. The first-order chi connectivity index (χ1) is 11.1. The number of terminal acetylenes is 1. The molecule has 4 unspecified atom stereocenters. The van der Waals surface area contributed by atoms with Gasteiger partial charge in [0.1, 0.15) is 0 Å². The summed E-state index contributed by atoms with van der Waals surface area (Å²) in [6, 6.07) is -0.0301. The monoisotopic (exact) mass is 318 g/mol. The number of nitrogens with zero attached hydrogens (tertiary/aromatic N) is 1. The molecule has 1 N–H and O–H groups in total. The van der Waals surface area contributed by atoms with Crippen LogP contribution in [0.4, 0.5) is 0 Å². The average Bonchev–Trinajstić information content (AvgIpc) is 3.16. The highest BCUT2D eigenvalue weighted by Gasteiger charge is 2.52. The molecule has 0 radical (unpaired) electrons. The number of methoxy groups -OCH3 is 1. The molecule has 0 spiro atoms. The first-order valence-electron chi connectivity index (χ1n) is 8.68. The van der Waals surface area contributed by atoms with E-state index in [1.165, 1.54) is 7.11 Å². The summed E-state index contributed by atoms with van der Waals surface area (Å²) in [5, 5.41) is 3.19. The van der Waals surface area contributed by atoms with Crippen molar-refractivity contribution in [2.24, 2.45) is 23.7 Å². The molecule has 4 atom stereocenters. The first-order valence-corrected chi connectivity index (χ1v) is 8.68. The predicted molar refractivity (Wildman–Crippen MR) is 86.3 cm³/mol. The van der Waals surface area contributed by atoms with Gasteiger partial charge in [-0.05, 0) is 57.0 Å². The van der Waals surface area contributed by atoms with Crippen LogP contribution >= 0.6 is 0 Å². The van der Waals surface area contributed by atoms with Crippen molar-refractivity contribution in [1.29, 1.82) is 0 Å². The van der Waals surface area contributed by atoms with Gasteiger partial charge in [0.25, 0.3) is 0 Å². The SMILES string of the molecule is C#CCN1CCC(C(=O)NC2C3CCC(C3)C2C(=O)OC)CC1. The molecule has 1 amide bonds. The van der Waals surface area contributed by atoms with Gasteiger partial charge in [-0.25, -0.2) is 0 Å². The molecule has 2 saturated carbocycles. The molecule has 1 aliphatic heterocycles. The minimum Gasteiger partial charge on any atom is -0.469 e. The van der Waals surface area contributed by atoms with Gasteiger partial charge in [-0.15, -0.1) is 6.42 Å². The minimum atomic E-state index is -0.161. The second-order valence-corrected chi connectivity index (χ2v) is 7.17. The standard InChI is InChI=1S/C18H26N2O3/c1-3-8-20-9-6-12(7-10-20)17(21)19-16-14-5-4-13(11-14)15(16)18(22)23-2/h1,12-16H,4-11H2,2H3,(H,19,21). The average molecular weight is 318 g/mol. The molecular weight excluding hydrogens is 292 g/mol. The highest BCUT2D eigenvalue weighted by atomic mass is 16.5. The fourth-order valence-electron chi connectivity index (χ4n) is 4.74. The smallest absolute Gasteiger partial charge is 0.311 e. The van der Waals surface area contributed by atoms with Gasteiger partial charge in [0.2, 0.25) is 5.91 Å². The number of likely N-dealkylation sites (tertiary alicyclic amines) is 1. The van der Waals surface area contributed by atoms with Gasteiger partial charge in [-0.1, -0.05) is 5.92 Å². The molecule has 126 valence electrons. The Kier molecular flexibility index (Phi) is 4.91. The number of esters is 1. The Morgan fingerprint density at radius 3 is 2.57 bits per heavy atom. The maximum Gasteiger partial charge on any atom is 0.311 e. The van der Waals surface area contributed by atoms with Crippen molar-refractivity contribution in [1.82, 2.24) is 10.2 Å². The normalized spacial score (nSPS) is 34.1. The fourth-order valence-corrected chi connectivity index (χ4v) is 4.74. The van der Waals surface area contributed by atoms with Crippen LogP contribution in [0.3, 0.4) is 0 Å². The van der Waals surface area contributed by atoms with Gasteiger partial charge in [-0.3, -0.25) is 14.5 Å². The number of fused-ring (bicyclic) bond motifs is 2. The third kappa shape index (κ3) is 3.23. The van der Waals surface area contributed by atoms with Crippen LogP contribution < -0.4 is 5.32 Å². The van der Waals surface area contributed by atoms with Crippen molar-refractivity contribution in [3.8, 4) is 12.3 Å². The van der Waals surface area contributed by atoms with E-state index in [-0.39, 0.29) is 29.8 Å². The first kappa shape index (κ1) is 16.3. The molecule has 2 aliphatic carbocycles. The summed E-state index contributed by atoms with van der Waals surface area (Å²) in [7, 11) is 1.44. The van der Waals surface area contributed by atoms with Crippen LogP contribution in [0.2, 0.25) is 0 Å². The van der Waals surface area contributed by atoms with Crippen LogP contribution in [0.25, 0.3) is 0 Å².